The number of rotatable bonds is 1. The quantitative estimate of drug-likeness (QED) is 0.559. The van der Waals surface area contributed by atoms with Gasteiger partial charge in [0.2, 0.25) is 0 Å². The number of nitrogens with one attached hydrogen (secondary N) is 5. The molecule has 0 saturated heterocycles. The third-order valence-corrected chi connectivity index (χ3v) is 4.35. The Bertz CT molecular complexity index is 752. The lowest BCUT2D eigenvalue weighted by Gasteiger charge is -2.25. The first kappa shape index (κ1) is 11.7. The zero-order chi connectivity index (χ0) is 14.5. The SMILES string of the molecule is C1=Cc2c(c3c(c4c2NC(c2cnc[nH]2)N4)C=CCN3)NC1. The molecule has 0 radical (unpaired) electrons. The van der Waals surface area contributed by atoms with Gasteiger partial charge in [-0.15, -0.1) is 0 Å². The van der Waals surface area contributed by atoms with E-state index < -0.39 is 0 Å². The van der Waals surface area contributed by atoms with E-state index in [9.17, 15) is 0 Å². The molecule has 6 heteroatoms. The smallest absolute Gasteiger partial charge is 0.140 e. The molecule has 0 bridgehead atoms. The van der Waals surface area contributed by atoms with Gasteiger partial charge < -0.3 is 26.3 Å². The van der Waals surface area contributed by atoms with Crippen molar-refractivity contribution in [3.05, 3.63) is 41.5 Å². The molecule has 1 aromatic carbocycles. The Morgan fingerprint density at radius 1 is 0.864 bits per heavy atom. The van der Waals surface area contributed by atoms with Gasteiger partial charge in [0.25, 0.3) is 0 Å². The molecule has 0 aliphatic carbocycles. The second-order valence-corrected chi connectivity index (χ2v) is 5.62. The monoisotopic (exact) mass is 292 g/mol. The maximum absolute atomic E-state index is 4.12. The zero-order valence-electron chi connectivity index (χ0n) is 11.9. The molecule has 0 fully saturated rings. The van der Waals surface area contributed by atoms with Crippen LogP contribution in [0.15, 0.2) is 24.7 Å². The van der Waals surface area contributed by atoms with Crippen LogP contribution < -0.4 is 21.3 Å². The summed E-state index contributed by atoms with van der Waals surface area (Å²) < 4.78 is 0. The van der Waals surface area contributed by atoms with Crippen LogP contribution in [-0.4, -0.2) is 23.1 Å². The van der Waals surface area contributed by atoms with Crippen LogP contribution >= 0.6 is 0 Å². The summed E-state index contributed by atoms with van der Waals surface area (Å²) in [5.74, 6) is 0. The van der Waals surface area contributed by atoms with Gasteiger partial charge in [0.15, 0.2) is 0 Å². The van der Waals surface area contributed by atoms with Crippen molar-refractivity contribution in [1.29, 1.82) is 0 Å². The summed E-state index contributed by atoms with van der Waals surface area (Å²) in [5, 5.41) is 14.2. The van der Waals surface area contributed by atoms with E-state index in [0.717, 1.165) is 30.2 Å². The summed E-state index contributed by atoms with van der Waals surface area (Å²) in [4.78, 5) is 7.29. The molecule has 0 unspecified atom stereocenters. The van der Waals surface area contributed by atoms with Gasteiger partial charge in [0.05, 0.1) is 41.0 Å². The number of hydrogen-bond donors (Lipinski definition) is 5. The van der Waals surface area contributed by atoms with E-state index in [4.69, 9.17) is 0 Å². The van der Waals surface area contributed by atoms with E-state index >= 15 is 0 Å². The fourth-order valence-electron chi connectivity index (χ4n) is 3.37. The number of fused-ring (bicyclic) bond motifs is 6. The van der Waals surface area contributed by atoms with Crippen molar-refractivity contribution in [2.24, 2.45) is 0 Å². The lowest BCUT2D eigenvalue weighted by atomic mass is 9.97. The van der Waals surface area contributed by atoms with Crippen LogP contribution in [0.3, 0.4) is 0 Å². The number of aromatic amines is 1. The third-order valence-electron chi connectivity index (χ3n) is 4.35. The molecule has 110 valence electrons. The average Bonchev–Trinajstić information content (AvgIpc) is 3.24. The van der Waals surface area contributed by atoms with Gasteiger partial charge in [-0.1, -0.05) is 24.3 Å². The summed E-state index contributed by atoms with van der Waals surface area (Å²) >= 11 is 0. The van der Waals surface area contributed by atoms with Gasteiger partial charge in [-0.25, -0.2) is 4.98 Å². The van der Waals surface area contributed by atoms with Crippen molar-refractivity contribution in [3.8, 4) is 0 Å². The van der Waals surface area contributed by atoms with Crippen molar-refractivity contribution < 1.29 is 0 Å². The molecule has 0 atom stereocenters. The van der Waals surface area contributed by atoms with Gasteiger partial charge in [-0.3, -0.25) is 0 Å². The van der Waals surface area contributed by atoms with E-state index in [1.165, 1.54) is 22.5 Å². The number of aromatic nitrogens is 2. The van der Waals surface area contributed by atoms with Crippen LogP contribution in [0.5, 0.6) is 0 Å². The van der Waals surface area contributed by atoms with Gasteiger partial charge in [-0.2, -0.15) is 0 Å². The first-order chi connectivity index (χ1) is 10.9. The Balaban J connectivity index is 1.71. The van der Waals surface area contributed by atoms with Crippen LogP contribution in [0, 0.1) is 0 Å². The van der Waals surface area contributed by atoms with Crippen LogP contribution in [0.1, 0.15) is 23.0 Å². The van der Waals surface area contributed by atoms with Gasteiger partial charge >= 0.3 is 0 Å². The molecule has 0 amide bonds. The zero-order valence-corrected chi connectivity index (χ0v) is 11.9. The molecule has 0 saturated carbocycles. The van der Waals surface area contributed by atoms with E-state index in [2.05, 4.69) is 55.5 Å². The number of benzene rings is 1. The van der Waals surface area contributed by atoms with Gasteiger partial charge in [0, 0.05) is 24.2 Å². The highest BCUT2D eigenvalue weighted by molar-refractivity contribution is 6.04. The lowest BCUT2D eigenvalue weighted by Crippen LogP contribution is -2.13. The van der Waals surface area contributed by atoms with Gasteiger partial charge in [0.1, 0.15) is 6.17 Å². The normalized spacial score (nSPS) is 17.6. The minimum Gasteiger partial charge on any atom is -0.379 e. The molecule has 4 heterocycles. The van der Waals surface area contributed by atoms with Crippen molar-refractivity contribution >= 4 is 34.9 Å². The molecule has 5 N–H and O–H groups in total. The number of nitrogens with zero attached hydrogens (tertiary/aromatic N) is 1. The third kappa shape index (κ3) is 1.52. The van der Waals surface area contributed by atoms with Crippen molar-refractivity contribution in [3.63, 3.8) is 0 Å². The highest BCUT2D eigenvalue weighted by atomic mass is 15.2. The number of anilines is 4. The Hall–Kier alpha value is -2.89. The van der Waals surface area contributed by atoms with Crippen molar-refractivity contribution in [2.45, 2.75) is 6.17 Å². The number of H-pyrrole nitrogens is 1. The molecule has 1 aromatic heterocycles. The molecule has 3 aliphatic heterocycles. The molecule has 22 heavy (non-hydrogen) atoms. The average molecular weight is 292 g/mol. The molecule has 6 nitrogen and oxygen atoms in total. The van der Waals surface area contributed by atoms with Crippen LogP contribution in [0.2, 0.25) is 0 Å². The first-order valence-electron chi connectivity index (χ1n) is 7.48. The fourth-order valence-corrected chi connectivity index (χ4v) is 3.37. The summed E-state index contributed by atoms with van der Waals surface area (Å²) in [6.07, 6.45) is 12.2. The minimum absolute atomic E-state index is 0.0127. The van der Waals surface area contributed by atoms with Crippen LogP contribution in [0.25, 0.3) is 12.2 Å². The largest absolute Gasteiger partial charge is 0.379 e. The predicted molar refractivity (Wildman–Crippen MR) is 90.1 cm³/mol. The Morgan fingerprint density at radius 2 is 1.50 bits per heavy atom. The standard InChI is InChI=1S/C16H16N6/c1-3-9-12(18-5-1)13-10(4-2-6-19-13)15-14(9)21-16(22-15)11-7-17-8-20-11/h1-4,7-8,16,18-19,21-22H,5-6H2,(H,17,20). The minimum atomic E-state index is 0.0127. The Morgan fingerprint density at radius 3 is 2.05 bits per heavy atom. The number of imidazole rings is 1. The summed E-state index contributed by atoms with van der Waals surface area (Å²) in [6.45, 7) is 1.72. The summed E-state index contributed by atoms with van der Waals surface area (Å²) in [6, 6.07) is 0. The number of hydrogen-bond acceptors (Lipinski definition) is 5. The molecule has 3 aliphatic rings. The molecule has 2 aromatic rings. The maximum atomic E-state index is 4.12. The summed E-state index contributed by atoms with van der Waals surface area (Å²) in [5.41, 5.74) is 8.09. The second kappa shape index (κ2) is 4.30. The van der Waals surface area contributed by atoms with Crippen LogP contribution in [-0.2, 0) is 0 Å². The molecule has 5 rings (SSSR count). The second-order valence-electron chi connectivity index (χ2n) is 5.62. The van der Waals surface area contributed by atoms with E-state index in [-0.39, 0.29) is 6.17 Å². The van der Waals surface area contributed by atoms with Gasteiger partial charge in [-0.05, 0) is 0 Å². The highest BCUT2D eigenvalue weighted by Gasteiger charge is 2.31. The summed E-state index contributed by atoms with van der Waals surface area (Å²) in [7, 11) is 0. The molecular formula is C16H16N6. The first-order valence-corrected chi connectivity index (χ1v) is 7.48. The van der Waals surface area contributed by atoms with E-state index in [0.29, 0.717) is 0 Å². The molecule has 0 spiro atoms. The van der Waals surface area contributed by atoms with E-state index in [1.54, 1.807) is 6.33 Å². The maximum Gasteiger partial charge on any atom is 0.140 e. The Labute approximate surface area is 127 Å². The fraction of sp³-hybridized carbons (Fsp3) is 0.188. The van der Waals surface area contributed by atoms with Crippen molar-refractivity contribution in [1.82, 2.24) is 9.97 Å². The Kier molecular flexibility index (Phi) is 2.29. The van der Waals surface area contributed by atoms with Crippen LogP contribution in [0.4, 0.5) is 22.7 Å². The van der Waals surface area contributed by atoms with Crippen molar-refractivity contribution in [2.75, 3.05) is 34.4 Å². The lowest BCUT2D eigenvalue weighted by molar-refractivity contribution is 0.898. The van der Waals surface area contributed by atoms with E-state index in [1.807, 2.05) is 6.20 Å². The predicted octanol–water partition coefficient (Wildman–Crippen LogP) is 2.82. The molecular weight excluding hydrogens is 276 g/mol. The topological polar surface area (TPSA) is 76.8 Å². The highest BCUT2D eigenvalue weighted by Crippen LogP contribution is 2.50.